The molecule has 6 nitrogen and oxygen atoms in total. The van der Waals surface area contributed by atoms with Gasteiger partial charge in [0.05, 0.1) is 6.61 Å². The summed E-state index contributed by atoms with van der Waals surface area (Å²) in [5.41, 5.74) is -3.48. The number of carbonyl (C=O) groups excluding carboxylic acids is 2. The quantitative estimate of drug-likeness (QED) is 0.631. The minimum absolute atomic E-state index is 0.0225. The fraction of sp³-hybridized carbons (Fsp3) is 0.750. The molecule has 0 aromatic heterocycles. The highest BCUT2D eigenvalue weighted by Gasteiger charge is 2.63. The Morgan fingerprint density at radius 1 is 1.43 bits per heavy atom. The van der Waals surface area contributed by atoms with Crippen molar-refractivity contribution in [3.05, 3.63) is 0 Å². The van der Waals surface area contributed by atoms with Gasteiger partial charge < -0.3 is 9.84 Å². The monoisotopic (exact) mass is 310 g/mol. The topological polar surface area (TPSA) is 79.2 Å². The van der Waals surface area contributed by atoms with Crippen molar-refractivity contribution in [3.63, 3.8) is 0 Å². The number of hydrazone groups is 1. The first-order chi connectivity index (χ1) is 9.67. The van der Waals surface area contributed by atoms with Gasteiger partial charge in [0.2, 0.25) is 0 Å². The third-order valence-corrected chi connectivity index (χ3v) is 2.96. The molecule has 21 heavy (non-hydrogen) atoms. The van der Waals surface area contributed by atoms with Gasteiger partial charge in [0.25, 0.3) is 5.72 Å². The van der Waals surface area contributed by atoms with Crippen LogP contribution in [0.15, 0.2) is 5.10 Å². The van der Waals surface area contributed by atoms with E-state index in [1.807, 2.05) is 6.92 Å². The van der Waals surface area contributed by atoms with Crippen LogP contribution in [0.25, 0.3) is 0 Å². The lowest BCUT2D eigenvalue weighted by Gasteiger charge is -2.31. The van der Waals surface area contributed by atoms with Crippen molar-refractivity contribution >= 4 is 17.6 Å². The Labute approximate surface area is 119 Å². The number of halogens is 3. The van der Waals surface area contributed by atoms with Crippen LogP contribution in [0.3, 0.4) is 0 Å². The Morgan fingerprint density at radius 2 is 2.05 bits per heavy atom. The van der Waals surface area contributed by atoms with Crippen molar-refractivity contribution in [1.82, 2.24) is 5.01 Å². The summed E-state index contributed by atoms with van der Waals surface area (Å²) in [5.74, 6) is -3.12. The number of hydrogen-bond acceptors (Lipinski definition) is 5. The summed E-state index contributed by atoms with van der Waals surface area (Å²) in [6.45, 7) is 3.07. The highest BCUT2D eigenvalue weighted by atomic mass is 19.4. The average molecular weight is 310 g/mol. The van der Waals surface area contributed by atoms with Crippen molar-refractivity contribution < 1.29 is 32.6 Å². The van der Waals surface area contributed by atoms with E-state index in [0.29, 0.717) is 6.42 Å². The number of amides is 1. The largest absolute Gasteiger partial charge is 0.459 e. The van der Waals surface area contributed by atoms with Crippen LogP contribution in [-0.2, 0) is 14.3 Å². The number of carbonyl (C=O) groups is 2. The first-order valence-corrected chi connectivity index (χ1v) is 6.54. The second-order valence-electron chi connectivity index (χ2n) is 4.60. The van der Waals surface area contributed by atoms with E-state index >= 15 is 0 Å². The summed E-state index contributed by atoms with van der Waals surface area (Å²) < 4.78 is 43.5. The molecule has 0 aromatic rings. The fourth-order valence-corrected chi connectivity index (χ4v) is 1.85. The number of hydrogen-bond donors (Lipinski definition) is 1. The van der Waals surface area contributed by atoms with Gasteiger partial charge in [0.1, 0.15) is 0 Å². The van der Waals surface area contributed by atoms with Gasteiger partial charge >= 0.3 is 18.1 Å². The molecule has 1 aliphatic heterocycles. The van der Waals surface area contributed by atoms with Crippen molar-refractivity contribution in [2.24, 2.45) is 5.10 Å². The first-order valence-electron chi connectivity index (χ1n) is 6.54. The Kier molecular flexibility index (Phi) is 5.32. The SMILES string of the molecule is CCCCC1=NN(C(=O)C(=O)OCC)C(O)(C(F)(F)F)C1. The number of aliphatic hydroxyl groups is 1. The van der Waals surface area contributed by atoms with Crippen LogP contribution < -0.4 is 0 Å². The molecule has 1 aliphatic rings. The standard InChI is InChI=1S/C12H17F3N2O4/c1-3-5-6-8-7-11(20,12(13,14)15)17(16-8)9(18)10(19)21-4-2/h20H,3-7H2,1-2H3. The Hall–Kier alpha value is -1.64. The molecule has 1 N–H and O–H groups in total. The molecule has 120 valence electrons. The van der Waals surface area contributed by atoms with E-state index in [1.54, 1.807) is 0 Å². The highest BCUT2D eigenvalue weighted by molar-refractivity contribution is 6.32. The third kappa shape index (κ3) is 3.52. The van der Waals surface area contributed by atoms with Crippen LogP contribution in [0.4, 0.5) is 13.2 Å². The molecular formula is C12H17F3N2O4. The number of alkyl halides is 3. The van der Waals surface area contributed by atoms with Gasteiger partial charge in [0, 0.05) is 12.1 Å². The third-order valence-electron chi connectivity index (χ3n) is 2.96. The van der Waals surface area contributed by atoms with Crippen LogP contribution in [0.1, 0.15) is 39.5 Å². The summed E-state index contributed by atoms with van der Waals surface area (Å²) in [6, 6.07) is 0. The minimum Gasteiger partial charge on any atom is -0.459 e. The number of unbranched alkanes of at least 4 members (excludes halogenated alkanes) is 1. The van der Waals surface area contributed by atoms with E-state index in [2.05, 4.69) is 9.84 Å². The van der Waals surface area contributed by atoms with Crippen molar-refractivity contribution in [1.29, 1.82) is 0 Å². The number of nitrogens with zero attached hydrogens (tertiary/aromatic N) is 2. The smallest absolute Gasteiger partial charge is 0.438 e. The van der Waals surface area contributed by atoms with E-state index < -0.39 is 30.2 Å². The normalized spacial score (nSPS) is 22.2. The Morgan fingerprint density at radius 3 is 2.52 bits per heavy atom. The molecular weight excluding hydrogens is 293 g/mol. The van der Waals surface area contributed by atoms with Crippen LogP contribution in [0.5, 0.6) is 0 Å². The molecule has 1 unspecified atom stereocenters. The lowest BCUT2D eigenvalue weighted by Crippen LogP contribution is -2.58. The highest BCUT2D eigenvalue weighted by Crippen LogP contribution is 2.41. The molecule has 0 fully saturated rings. The van der Waals surface area contributed by atoms with Crippen LogP contribution >= 0.6 is 0 Å². The van der Waals surface area contributed by atoms with Gasteiger partial charge in [-0.2, -0.15) is 23.3 Å². The van der Waals surface area contributed by atoms with Crippen molar-refractivity contribution in [3.8, 4) is 0 Å². The number of esters is 1. The van der Waals surface area contributed by atoms with Gasteiger partial charge in [-0.25, -0.2) is 4.79 Å². The fourth-order valence-electron chi connectivity index (χ4n) is 1.85. The maximum atomic E-state index is 13.0. The predicted molar refractivity (Wildman–Crippen MR) is 66.1 cm³/mol. The van der Waals surface area contributed by atoms with E-state index in [9.17, 15) is 27.9 Å². The van der Waals surface area contributed by atoms with Gasteiger partial charge in [-0.3, -0.25) is 4.79 Å². The van der Waals surface area contributed by atoms with Gasteiger partial charge in [-0.05, 0) is 19.8 Å². The summed E-state index contributed by atoms with van der Waals surface area (Å²) in [5, 5.41) is 13.1. The van der Waals surface area contributed by atoms with Gasteiger partial charge in [-0.1, -0.05) is 13.3 Å². The molecule has 0 saturated heterocycles. The summed E-state index contributed by atoms with van der Waals surface area (Å²) >= 11 is 0. The molecule has 1 atom stereocenters. The van der Waals surface area contributed by atoms with Gasteiger partial charge in [-0.15, -0.1) is 0 Å². The number of ether oxygens (including phenoxy) is 1. The van der Waals surface area contributed by atoms with Gasteiger partial charge in [0.15, 0.2) is 0 Å². The lowest BCUT2D eigenvalue weighted by atomic mass is 10.0. The molecule has 1 amide bonds. The second kappa shape index (κ2) is 6.42. The van der Waals surface area contributed by atoms with Crippen molar-refractivity contribution in [2.45, 2.75) is 51.4 Å². The molecule has 1 rings (SSSR count). The molecule has 0 bridgehead atoms. The zero-order chi connectivity index (χ0) is 16.3. The molecule has 0 saturated carbocycles. The Balaban J connectivity index is 3.05. The lowest BCUT2D eigenvalue weighted by molar-refractivity contribution is -0.302. The van der Waals surface area contributed by atoms with E-state index in [4.69, 9.17) is 0 Å². The molecule has 0 aliphatic carbocycles. The molecule has 0 radical (unpaired) electrons. The number of rotatable bonds is 4. The first kappa shape index (κ1) is 17.4. The molecule has 9 heteroatoms. The molecule has 1 heterocycles. The zero-order valence-electron chi connectivity index (χ0n) is 11.7. The van der Waals surface area contributed by atoms with Crippen LogP contribution in [-0.4, -0.2) is 46.2 Å². The van der Waals surface area contributed by atoms with E-state index in [0.717, 1.165) is 6.42 Å². The second-order valence-corrected chi connectivity index (χ2v) is 4.60. The molecule has 0 aromatic carbocycles. The maximum absolute atomic E-state index is 13.0. The van der Waals surface area contributed by atoms with E-state index in [-0.39, 0.29) is 23.7 Å². The van der Waals surface area contributed by atoms with Crippen molar-refractivity contribution in [2.75, 3.05) is 6.61 Å². The zero-order valence-corrected chi connectivity index (χ0v) is 11.7. The van der Waals surface area contributed by atoms with Crippen LogP contribution in [0, 0.1) is 0 Å². The van der Waals surface area contributed by atoms with Crippen LogP contribution in [0.2, 0.25) is 0 Å². The average Bonchev–Trinajstić information content (AvgIpc) is 2.74. The molecule has 0 spiro atoms. The maximum Gasteiger partial charge on any atom is 0.438 e. The Bertz CT molecular complexity index is 450. The predicted octanol–water partition coefficient (Wildman–Crippen LogP) is 1.58. The van der Waals surface area contributed by atoms with E-state index in [1.165, 1.54) is 6.92 Å². The minimum atomic E-state index is -5.13. The summed E-state index contributed by atoms with van der Waals surface area (Å²) in [7, 11) is 0. The summed E-state index contributed by atoms with van der Waals surface area (Å²) in [4.78, 5) is 23.0. The summed E-state index contributed by atoms with van der Waals surface area (Å²) in [6.07, 6.45) is -4.50.